The first kappa shape index (κ1) is 15.7. The number of rotatable bonds is 7. The predicted octanol–water partition coefficient (Wildman–Crippen LogP) is 3.54. The maximum atomic E-state index is 11.3. The van der Waals surface area contributed by atoms with Crippen molar-refractivity contribution < 1.29 is 19.7 Å². The van der Waals surface area contributed by atoms with Gasteiger partial charge in [-0.1, -0.05) is 31.9 Å². The average molecular weight is 292 g/mol. The number of phenolic OH excluding ortho intramolecular Hbond substituents is 2. The second-order valence-corrected chi connectivity index (χ2v) is 5.93. The molecule has 2 atom stereocenters. The van der Waals surface area contributed by atoms with Crippen molar-refractivity contribution in [2.24, 2.45) is 5.92 Å². The first-order valence-corrected chi connectivity index (χ1v) is 7.78. The molecule has 116 valence electrons. The fourth-order valence-electron chi connectivity index (χ4n) is 2.82. The lowest BCUT2D eigenvalue weighted by Crippen LogP contribution is -2.06. The molecule has 0 amide bonds. The molecule has 0 spiro atoms. The van der Waals surface area contributed by atoms with E-state index in [-0.39, 0.29) is 29.5 Å². The smallest absolute Gasteiger partial charge is 0.309 e. The number of carbonyl (C=O) groups is 1. The minimum Gasteiger partial charge on any atom is -0.504 e. The van der Waals surface area contributed by atoms with Crippen LogP contribution < -0.4 is 0 Å². The van der Waals surface area contributed by atoms with Crippen molar-refractivity contribution in [1.29, 1.82) is 0 Å². The third-order valence-corrected chi connectivity index (χ3v) is 4.12. The Morgan fingerprint density at radius 1 is 1.19 bits per heavy atom. The van der Waals surface area contributed by atoms with Crippen LogP contribution in [0.15, 0.2) is 18.2 Å². The normalized spacial score (nSPS) is 21.5. The zero-order chi connectivity index (χ0) is 15.2. The van der Waals surface area contributed by atoms with Gasteiger partial charge in [-0.3, -0.25) is 4.79 Å². The standard InChI is InChI=1S/C17H24O4/c1-12-11-14(21-17(12)20)9-5-3-2-4-7-13-8-6-10-15(18)16(13)19/h6,8,10,12,14,18-19H,2-5,7,9,11H2,1H3/t12-,14+/m0/s1. The monoisotopic (exact) mass is 292 g/mol. The highest BCUT2D eigenvalue weighted by atomic mass is 16.5. The third kappa shape index (κ3) is 4.38. The molecule has 0 radical (unpaired) electrons. The fraction of sp³-hybridized carbons (Fsp3) is 0.588. The van der Waals surface area contributed by atoms with Crippen LogP contribution in [0.25, 0.3) is 0 Å². The molecule has 2 N–H and O–H groups in total. The molecule has 0 bridgehead atoms. The SMILES string of the molecule is C[C@H]1C[C@@H](CCCCCCc2cccc(O)c2O)OC1=O. The van der Waals surface area contributed by atoms with Crippen molar-refractivity contribution in [1.82, 2.24) is 0 Å². The van der Waals surface area contributed by atoms with E-state index in [0.717, 1.165) is 50.5 Å². The molecule has 1 aromatic rings. The number of unbranched alkanes of at least 4 members (excludes halogenated alkanes) is 3. The Balaban J connectivity index is 1.58. The summed E-state index contributed by atoms with van der Waals surface area (Å²) in [5, 5.41) is 19.1. The van der Waals surface area contributed by atoms with Gasteiger partial charge in [-0.05, 0) is 43.7 Å². The molecule has 1 saturated heterocycles. The van der Waals surface area contributed by atoms with Crippen molar-refractivity contribution in [2.75, 3.05) is 0 Å². The van der Waals surface area contributed by atoms with Crippen LogP contribution in [0.4, 0.5) is 0 Å². The van der Waals surface area contributed by atoms with Gasteiger partial charge in [0.05, 0.1) is 5.92 Å². The zero-order valence-corrected chi connectivity index (χ0v) is 12.5. The van der Waals surface area contributed by atoms with E-state index in [9.17, 15) is 15.0 Å². The molecule has 0 saturated carbocycles. The highest BCUT2D eigenvalue weighted by Crippen LogP contribution is 2.29. The molecule has 21 heavy (non-hydrogen) atoms. The van der Waals surface area contributed by atoms with Crippen LogP contribution in [-0.2, 0) is 16.0 Å². The van der Waals surface area contributed by atoms with Crippen LogP contribution in [-0.4, -0.2) is 22.3 Å². The van der Waals surface area contributed by atoms with E-state index >= 15 is 0 Å². The lowest BCUT2D eigenvalue weighted by atomic mass is 10.0. The summed E-state index contributed by atoms with van der Waals surface area (Å²) in [6.07, 6.45) is 6.92. The number of carbonyl (C=O) groups excluding carboxylic acids is 1. The highest BCUT2D eigenvalue weighted by Gasteiger charge is 2.30. The number of aryl methyl sites for hydroxylation is 1. The number of ether oxygens (including phenoxy) is 1. The van der Waals surface area contributed by atoms with E-state index in [2.05, 4.69) is 0 Å². The van der Waals surface area contributed by atoms with E-state index in [0.29, 0.717) is 0 Å². The van der Waals surface area contributed by atoms with Gasteiger partial charge in [0.2, 0.25) is 0 Å². The van der Waals surface area contributed by atoms with Gasteiger partial charge >= 0.3 is 5.97 Å². The lowest BCUT2D eigenvalue weighted by Gasteiger charge is -2.09. The number of benzene rings is 1. The largest absolute Gasteiger partial charge is 0.504 e. The third-order valence-electron chi connectivity index (χ3n) is 4.12. The van der Waals surface area contributed by atoms with Crippen LogP contribution in [0.1, 0.15) is 51.0 Å². The van der Waals surface area contributed by atoms with Crippen LogP contribution in [0.2, 0.25) is 0 Å². The van der Waals surface area contributed by atoms with Gasteiger partial charge in [0, 0.05) is 0 Å². The molecule has 1 fully saturated rings. The van der Waals surface area contributed by atoms with Gasteiger partial charge in [-0.2, -0.15) is 0 Å². The van der Waals surface area contributed by atoms with E-state index in [1.54, 1.807) is 6.07 Å². The van der Waals surface area contributed by atoms with Gasteiger partial charge in [0.25, 0.3) is 0 Å². The molecule has 1 aromatic carbocycles. The van der Waals surface area contributed by atoms with Gasteiger partial charge in [0.15, 0.2) is 11.5 Å². The summed E-state index contributed by atoms with van der Waals surface area (Å²) in [4.78, 5) is 11.3. The first-order valence-electron chi connectivity index (χ1n) is 7.78. The van der Waals surface area contributed by atoms with Crippen LogP contribution >= 0.6 is 0 Å². The minimum absolute atomic E-state index is 0.00403. The number of phenols is 2. The number of para-hydroxylation sites is 1. The Labute approximate surface area is 125 Å². The maximum absolute atomic E-state index is 11.3. The number of aromatic hydroxyl groups is 2. The van der Waals surface area contributed by atoms with Gasteiger partial charge < -0.3 is 14.9 Å². The summed E-state index contributed by atoms with van der Waals surface area (Å²) in [5.41, 5.74) is 0.800. The first-order chi connectivity index (χ1) is 10.1. The van der Waals surface area contributed by atoms with Crippen molar-refractivity contribution in [3.8, 4) is 11.5 Å². The Kier molecular flexibility index (Phi) is 5.48. The molecular formula is C17H24O4. The van der Waals surface area contributed by atoms with Gasteiger partial charge in [-0.25, -0.2) is 0 Å². The van der Waals surface area contributed by atoms with Crippen molar-refractivity contribution in [2.45, 2.75) is 58.0 Å². The minimum atomic E-state index is -0.0561. The summed E-state index contributed by atoms with van der Waals surface area (Å²) in [5.74, 6) is -0.0443. The summed E-state index contributed by atoms with van der Waals surface area (Å²) >= 11 is 0. The molecule has 1 aliphatic heterocycles. The van der Waals surface area contributed by atoms with Crippen LogP contribution in [0.5, 0.6) is 11.5 Å². The van der Waals surface area contributed by atoms with Crippen LogP contribution in [0, 0.1) is 5.92 Å². The highest BCUT2D eigenvalue weighted by molar-refractivity contribution is 5.74. The average Bonchev–Trinajstić information content (AvgIpc) is 2.77. The summed E-state index contributed by atoms with van der Waals surface area (Å²) in [6.45, 7) is 1.92. The number of hydrogen-bond donors (Lipinski definition) is 2. The van der Waals surface area contributed by atoms with E-state index in [4.69, 9.17) is 4.74 Å². The van der Waals surface area contributed by atoms with Crippen molar-refractivity contribution in [3.63, 3.8) is 0 Å². The maximum Gasteiger partial charge on any atom is 0.309 e. The lowest BCUT2D eigenvalue weighted by molar-refractivity contribution is -0.144. The molecule has 0 aliphatic carbocycles. The molecule has 0 unspecified atom stereocenters. The number of esters is 1. The Hall–Kier alpha value is -1.71. The quantitative estimate of drug-likeness (QED) is 0.458. The van der Waals surface area contributed by atoms with E-state index < -0.39 is 0 Å². The second-order valence-electron chi connectivity index (χ2n) is 5.93. The van der Waals surface area contributed by atoms with Gasteiger partial charge in [-0.15, -0.1) is 0 Å². The fourth-order valence-corrected chi connectivity index (χ4v) is 2.82. The van der Waals surface area contributed by atoms with Crippen molar-refractivity contribution >= 4 is 5.97 Å². The van der Waals surface area contributed by atoms with Crippen LogP contribution in [0.3, 0.4) is 0 Å². The Morgan fingerprint density at radius 2 is 1.95 bits per heavy atom. The summed E-state index contributed by atoms with van der Waals surface area (Å²) in [6, 6.07) is 5.08. The van der Waals surface area contributed by atoms with E-state index in [1.807, 2.05) is 13.0 Å². The molecule has 1 aliphatic rings. The second kappa shape index (κ2) is 7.34. The molecule has 0 aromatic heterocycles. The summed E-state index contributed by atoms with van der Waals surface area (Å²) in [7, 11) is 0. The number of hydrogen-bond acceptors (Lipinski definition) is 4. The van der Waals surface area contributed by atoms with Crippen molar-refractivity contribution in [3.05, 3.63) is 23.8 Å². The molecular weight excluding hydrogens is 268 g/mol. The summed E-state index contributed by atoms with van der Waals surface area (Å²) < 4.78 is 5.28. The zero-order valence-electron chi connectivity index (χ0n) is 12.5. The molecule has 4 heteroatoms. The van der Waals surface area contributed by atoms with Gasteiger partial charge in [0.1, 0.15) is 6.10 Å². The predicted molar refractivity (Wildman–Crippen MR) is 80.2 cm³/mol. The molecule has 4 nitrogen and oxygen atoms in total. The Morgan fingerprint density at radius 3 is 2.67 bits per heavy atom. The number of cyclic esters (lactones) is 1. The molecule has 1 heterocycles. The Bertz CT molecular complexity index is 484. The topological polar surface area (TPSA) is 66.8 Å². The van der Waals surface area contributed by atoms with E-state index in [1.165, 1.54) is 6.07 Å². The molecule has 2 rings (SSSR count).